The van der Waals surface area contributed by atoms with Crippen LogP contribution < -0.4 is 19.8 Å². The SMILES string of the molecule is COc1ccc(OC)c(-c2csc(=Nc3c(C)n(C)n(-c4ccccc4)c3=O)n2C(C)CCC(C)C)c1. The Morgan fingerprint density at radius 2 is 1.73 bits per heavy atom. The number of thiazole rings is 1. The quantitative estimate of drug-likeness (QED) is 0.262. The monoisotopic (exact) mass is 520 g/mol. The lowest BCUT2D eigenvalue weighted by Gasteiger charge is -2.20. The maximum Gasteiger partial charge on any atom is 0.297 e. The van der Waals surface area contributed by atoms with Crippen molar-refractivity contribution in [1.82, 2.24) is 13.9 Å². The molecule has 37 heavy (non-hydrogen) atoms. The summed E-state index contributed by atoms with van der Waals surface area (Å²) in [4.78, 5) is 19.4. The summed E-state index contributed by atoms with van der Waals surface area (Å²) in [6.45, 7) is 8.62. The van der Waals surface area contributed by atoms with E-state index in [2.05, 4.69) is 30.7 Å². The maximum absolute atomic E-state index is 13.6. The van der Waals surface area contributed by atoms with Gasteiger partial charge in [-0.2, -0.15) is 0 Å². The maximum atomic E-state index is 13.6. The van der Waals surface area contributed by atoms with Gasteiger partial charge in [0.25, 0.3) is 5.56 Å². The Morgan fingerprint density at radius 1 is 1.00 bits per heavy atom. The highest BCUT2D eigenvalue weighted by Crippen LogP contribution is 2.36. The number of hydrogen-bond acceptors (Lipinski definition) is 5. The van der Waals surface area contributed by atoms with Gasteiger partial charge in [0.05, 0.1) is 31.3 Å². The van der Waals surface area contributed by atoms with E-state index in [1.165, 1.54) is 11.3 Å². The molecular weight excluding hydrogens is 484 g/mol. The van der Waals surface area contributed by atoms with E-state index in [0.717, 1.165) is 51.8 Å². The van der Waals surface area contributed by atoms with Crippen LogP contribution >= 0.6 is 11.3 Å². The van der Waals surface area contributed by atoms with Gasteiger partial charge in [-0.25, -0.2) is 9.67 Å². The Labute approximate surface area is 222 Å². The number of hydrogen-bond donors (Lipinski definition) is 0. The largest absolute Gasteiger partial charge is 0.497 e. The van der Waals surface area contributed by atoms with Crippen molar-refractivity contribution in [3.05, 3.63) is 74.8 Å². The molecule has 7 nitrogen and oxygen atoms in total. The minimum Gasteiger partial charge on any atom is -0.497 e. The molecule has 196 valence electrons. The van der Waals surface area contributed by atoms with Crippen molar-refractivity contribution in [3.8, 4) is 28.4 Å². The molecule has 0 bridgehead atoms. The zero-order valence-corrected chi connectivity index (χ0v) is 23.5. The molecule has 0 aliphatic heterocycles. The van der Waals surface area contributed by atoms with Crippen molar-refractivity contribution in [2.75, 3.05) is 14.2 Å². The molecule has 0 fully saturated rings. The smallest absolute Gasteiger partial charge is 0.297 e. The molecule has 0 saturated carbocycles. The molecule has 1 atom stereocenters. The number of aromatic nitrogens is 3. The summed E-state index contributed by atoms with van der Waals surface area (Å²) in [6, 6.07) is 15.6. The number of ether oxygens (including phenoxy) is 2. The minimum absolute atomic E-state index is 0.138. The Hall–Kier alpha value is -3.52. The molecule has 0 aliphatic rings. The number of benzene rings is 2. The van der Waals surface area contributed by atoms with E-state index >= 15 is 0 Å². The van der Waals surface area contributed by atoms with Crippen LogP contribution in [-0.2, 0) is 7.05 Å². The molecule has 1 unspecified atom stereocenters. The fourth-order valence-electron chi connectivity index (χ4n) is 4.52. The van der Waals surface area contributed by atoms with Crippen LogP contribution in [0.25, 0.3) is 16.9 Å². The summed E-state index contributed by atoms with van der Waals surface area (Å²) in [6.07, 6.45) is 2.08. The highest BCUT2D eigenvalue weighted by atomic mass is 32.1. The van der Waals surface area contributed by atoms with Crippen LogP contribution in [0.5, 0.6) is 11.5 Å². The molecule has 0 spiro atoms. The summed E-state index contributed by atoms with van der Waals surface area (Å²) in [5, 5.41) is 2.09. The predicted octanol–water partition coefficient (Wildman–Crippen LogP) is 6.26. The summed E-state index contributed by atoms with van der Waals surface area (Å²) in [5.41, 5.74) is 3.86. The number of rotatable bonds is 9. The zero-order valence-electron chi connectivity index (χ0n) is 22.7. The lowest BCUT2D eigenvalue weighted by atomic mass is 10.0. The Bertz CT molecular complexity index is 1490. The van der Waals surface area contributed by atoms with Crippen molar-refractivity contribution < 1.29 is 9.47 Å². The molecule has 4 aromatic rings. The van der Waals surface area contributed by atoms with E-state index in [1.54, 1.807) is 18.9 Å². The lowest BCUT2D eigenvalue weighted by Crippen LogP contribution is -2.22. The second-order valence-corrected chi connectivity index (χ2v) is 10.5. The fraction of sp³-hybridized carbons (Fsp3) is 0.379. The van der Waals surface area contributed by atoms with Crippen molar-refractivity contribution in [1.29, 1.82) is 0 Å². The highest BCUT2D eigenvalue weighted by molar-refractivity contribution is 7.07. The van der Waals surface area contributed by atoms with Crippen LogP contribution in [0.3, 0.4) is 0 Å². The molecule has 8 heteroatoms. The van der Waals surface area contributed by atoms with Crippen LogP contribution in [0.2, 0.25) is 0 Å². The van der Waals surface area contributed by atoms with Gasteiger partial charge in [0, 0.05) is 24.0 Å². The average Bonchev–Trinajstić information content (AvgIpc) is 3.41. The van der Waals surface area contributed by atoms with Crippen LogP contribution in [0.1, 0.15) is 45.3 Å². The minimum atomic E-state index is -0.138. The van der Waals surface area contributed by atoms with Gasteiger partial charge in [-0.15, -0.1) is 11.3 Å². The van der Waals surface area contributed by atoms with Crippen LogP contribution in [0.15, 0.2) is 63.7 Å². The Balaban J connectivity index is 1.94. The molecule has 2 aromatic heterocycles. The second kappa shape index (κ2) is 11.3. The lowest BCUT2D eigenvalue weighted by molar-refractivity contribution is 0.403. The number of para-hydroxylation sites is 1. The number of nitrogens with zero attached hydrogens (tertiary/aromatic N) is 4. The van der Waals surface area contributed by atoms with E-state index in [9.17, 15) is 4.79 Å². The summed E-state index contributed by atoms with van der Waals surface area (Å²) in [7, 11) is 5.23. The third kappa shape index (κ3) is 5.30. The molecule has 0 radical (unpaired) electrons. The fourth-order valence-corrected chi connectivity index (χ4v) is 5.51. The van der Waals surface area contributed by atoms with Crippen LogP contribution in [0.4, 0.5) is 5.69 Å². The normalized spacial score (nSPS) is 12.8. The van der Waals surface area contributed by atoms with Gasteiger partial charge in [-0.1, -0.05) is 32.0 Å². The van der Waals surface area contributed by atoms with Crippen LogP contribution in [0, 0.1) is 12.8 Å². The average molecular weight is 521 g/mol. The summed E-state index contributed by atoms with van der Waals surface area (Å²) < 4.78 is 17.0. The summed E-state index contributed by atoms with van der Waals surface area (Å²) >= 11 is 1.53. The Kier molecular flexibility index (Phi) is 8.07. The first-order valence-electron chi connectivity index (χ1n) is 12.6. The predicted molar refractivity (Wildman–Crippen MR) is 151 cm³/mol. The molecule has 0 saturated heterocycles. The van der Waals surface area contributed by atoms with Gasteiger partial charge in [-0.05, 0) is 62.9 Å². The molecule has 0 amide bonds. The van der Waals surface area contributed by atoms with E-state index in [1.807, 2.05) is 67.2 Å². The molecule has 2 heterocycles. The van der Waals surface area contributed by atoms with Crippen molar-refractivity contribution >= 4 is 17.0 Å². The zero-order chi connectivity index (χ0) is 26.7. The van der Waals surface area contributed by atoms with Gasteiger partial charge < -0.3 is 14.0 Å². The summed E-state index contributed by atoms with van der Waals surface area (Å²) in [5.74, 6) is 2.11. The molecule has 4 rings (SSSR count). The first kappa shape index (κ1) is 26.5. The van der Waals surface area contributed by atoms with Gasteiger partial charge in [-0.3, -0.25) is 9.48 Å². The topological polar surface area (TPSA) is 62.7 Å². The molecule has 0 N–H and O–H groups in total. The first-order chi connectivity index (χ1) is 17.8. The highest BCUT2D eigenvalue weighted by Gasteiger charge is 2.20. The third-order valence-corrected chi connectivity index (χ3v) is 7.60. The van der Waals surface area contributed by atoms with E-state index < -0.39 is 0 Å². The Morgan fingerprint density at radius 3 is 2.38 bits per heavy atom. The van der Waals surface area contributed by atoms with Gasteiger partial charge in [0.2, 0.25) is 0 Å². The molecular formula is C29H36N4O3S. The van der Waals surface area contributed by atoms with Gasteiger partial charge in [0.15, 0.2) is 10.5 Å². The first-order valence-corrected chi connectivity index (χ1v) is 13.5. The van der Waals surface area contributed by atoms with Crippen molar-refractivity contribution in [2.45, 2.75) is 46.6 Å². The van der Waals surface area contributed by atoms with Gasteiger partial charge >= 0.3 is 0 Å². The standard InChI is InChI=1S/C29H36N4O3S/c1-19(2)13-14-20(3)32-25(24-17-23(35-6)15-16-26(24)36-7)18-37-29(32)30-27-21(4)31(5)33(28(27)34)22-11-9-8-10-12-22/h8-12,15-20H,13-14H2,1-7H3. The third-order valence-electron chi connectivity index (χ3n) is 6.76. The van der Waals surface area contributed by atoms with Gasteiger partial charge in [0.1, 0.15) is 11.5 Å². The molecule has 0 aliphatic carbocycles. The van der Waals surface area contributed by atoms with Crippen LogP contribution in [-0.4, -0.2) is 28.2 Å². The van der Waals surface area contributed by atoms with E-state index in [0.29, 0.717) is 11.6 Å². The van der Waals surface area contributed by atoms with Crippen molar-refractivity contribution in [3.63, 3.8) is 0 Å². The molecule has 2 aromatic carbocycles. The van der Waals surface area contributed by atoms with E-state index in [4.69, 9.17) is 14.5 Å². The second-order valence-electron chi connectivity index (χ2n) is 9.68. The number of methoxy groups -OCH3 is 2. The van der Waals surface area contributed by atoms with Crippen molar-refractivity contribution in [2.24, 2.45) is 18.0 Å². The van der Waals surface area contributed by atoms with E-state index in [-0.39, 0.29) is 11.6 Å².